The quantitative estimate of drug-likeness (QED) is 0.895. The van der Waals surface area contributed by atoms with E-state index in [-0.39, 0.29) is 11.8 Å². The average Bonchev–Trinajstić information content (AvgIpc) is 2.81. The third-order valence-electron chi connectivity index (χ3n) is 3.29. The molecule has 0 unspecified atom stereocenters. The van der Waals surface area contributed by atoms with E-state index in [1.165, 1.54) is 12.7 Å². The van der Waals surface area contributed by atoms with Crippen molar-refractivity contribution in [3.05, 3.63) is 36.9 Å². The van der Waals surface area contributed by atoms with Crippen molar-refractivity contribution in [2.75, 3.05) is 5.32 Å². The zero-order valence-electron chi connectivity index (χ0n) is 9.91. The van der Waals surface area contributed by atoms with Crippen LogP contribution in [0.1, 0.15) is 19.3 Å². The summed E-state index contributed by atoms with van der Waals surface area (Å²) in [6.07, 6.45) is 6.34. The molecule has 0 atom stereocenters. The van der Waals surface area contributed by atoms with E-state index in [9.17, 15) is 4.79 Å². The largest absolute Gasteiger partial charge is 0.326 e. The Morgan fingerprint density at radius 1 is 1.28 bits per heavy atom. The summed E-state index contributed by atoms with van der Waals surface area (Å²) in [4.78, 5) is 15.7. The Hall–Kier alpha value is -2.17. The summed E-state index contributed by atoms with van der Waals surface area (Å²) in [6.45, 7) is 0. The second kappa shape index (κ2) is 4.60. The van der Waals surface area contributed by atoms with Gasteiger partial charge in [0.15, 0.2) is 0 Å². The van der Waals surface area contributed by atoms with E-state index in [1.54, 1.807) is 11.0 Å². The lowest BCUT2D eigenvalue weighted by molar-refractivity contribution is -0.122. The first-order chi connectivity index (χ1) is 8.83. The van der Waals surface area contributed by atoms with Crippen LogP contribution in [0.2, 0.25) is 0 Å². The Labute approximate surface area is 105 Å². The standard InChI is InChI=1S/C13H14N4O/c18-13(10-2-1-3-10)16-11-4-6-12(7-5-11)17-9-14-8-15-17/h4-10H,1-3H2,(H,16,18). The molecule has 0 radical (unpaired) electrons. The lowest BCUT2D eigenvalue weighted by atomic mass is 9.85. The van der Waals surface area contributed by atoms with E-state index in [4.69, 9.17) is 0 Å². The lowest BCUT2D eigenvalue weighted by Gasteiger charge is -2.24. The van der Waals surface area contributed by atoms with Crippen molar-refractivity contribution in [2.45, 2.75) is 19.3 Å². The summed E-state index contributed by atoms with van der Waals surface area (Å²) in [6, 6.07) is 7.58. The number of nitrogens with zero attached hydrogens (tertiary/aromatic N) is 3. The predicted octanol–water partition coefficient (Wildman–Crippen LogP) is 2.01. The molecule has 1 amide bonds. The third kappa shape index (κ3) is 2.11. The van der Waals surface area contributed by atoms with Gasteiger partial charge in [-0.05, 0) is 37.1 Å². The number of amides is 1. The summed E-state index contributed by atoms with van der Waals surface area (Å²) in [7, 11) is 0. The van der Waals surface area contributed by atoms with Gasteiger partial charge in [-0.3, -0.25) is 4.79 Å². The lowest BCUT2D eigenvalue weighted by Crippen LogP contribution is -2.27. The minimum absolute atomic E-state index is 0.134. The van der Waals surface area contributed by atoms with Crippen molar-refractivity contribution in [3.8, 4) is 5.69 Å². The number of hydrogen-bond acceptors (Lipinski definition) is 3. The molecule has 0 spiro atoms. The van der Waals surface area contributed by atoms with Gasteiger partial charge < -0.3 is 5.32 Å². The van der Waals surface area contributed by atoms with Crippen molar-refractivity contribution in [1.82, 2.24) is 14.8 Å². The number of carbonyl (C=O) groups excluding carboxylic acids is 1. The van der Waals surface area contributed by atoms with E-state index >= 15 is 0 Å². The maximum atomic E-state index is 11.8. The first-order valence-corrected chi connectivity index (χ1v) is 6.09. The van der Waals surface area contributed by atoms with Crippen LogP contribution in [0.4, 0.5) is 5.69 Å². The van der Waals surface area contributed by atoms with E-state index in [1.807, 2.05) is 24.3 Å². The number of benzene rings is 1. The molecule has 5 nitrogen and oxygen atoms in total. The number of aromatic nitrogens is 3. The first-order valence-electron chi connectivity index (χ1n) is 6.09. The molecule has 18 heavy (non-hydrogen) atoms. The summed E-state index contributed by atoms with van der Waals surface area (Å²) >= 11 is 0. The highest BCUT2D eigenvalue weighted by Gasteiger charge is 2.24. The fourth-order valence-electron chi connectivity index (χ4n) is 1.95. The van der Waals surface area contributed by atoms with Gasteiger partial charge in [-0.2, -0.15) is 5.10 Å². The Bertz CT molecular complexity index is 529. The number of nitrogens with one attached hydrogen (secondary N) is 1. The van der Waals surface area contributed by atoms with Gasteiger partial charge in [-0.15, -0.1) is 0 Å². The second-order valence-electron chi connectivity index (χ2n) is 4.50. The smallest absolute Gasteiger partial charge is 0.227 e. The molecule has 1 aromatic carbocycles. The van der Waals surface area contributed by atoms with E-state index in [0.29, 0.717) is 0 Å². The third-order valence-corrected chi connectivity index (χ3v) is 3.29. The molecule has 1 fully saturated rings. The molecule has 1 N–H and O–H groups in total. The van der Waals surface area contributed by atoms with Gasteiger partial charge in [0.1, 0.15) is 12.7 Å². The number of rotatable bonds is 3. The molecular formula is C13H14N4O. The van der Waals surface area contributed by atoms with Gasteiger partial charge >= 0.3 is 0 Å². The predicted molar refractivity (Wildman–Crippen MR) is 67.3 cm³/mol. The summed E-state index contributed by atoms with van der Waals surface area (Å²) in [5, 5.41) is 6.98. The van der Waals surface area contributed by atoms with Crippen molar-refractivity contribution < 1.29 is 4.79 Å². The highest BCUT2D eigenvalue weighted by atomic mass is 16.1. The highest BCUT2D eigenvalue weighted by Crippen LogP contribution is 2.27. The van der Waals surface area contributed by atoms with E-state index in [0.717, 1.165) is 24.2 Å². The SMILES string of the molecule is O=C(Nc1ccc(-n2cncn2)cc1)C1CCC1. The molecule has 5 heteroatoms. The van der Waals surface area contributed by atoms with Crippen LogP contribution < -0.4 is 5.32 Å². The Morgan fingerprint density at radius 2 is 2.06 bits per heavy atom. The summed E-state index contributed by atoms with van der Waals surface area (Å²) in [5.41, 5.74) is 1.75. The fraction of sp³-hybridized carbons (Fsp3) is 0.308. The zero-order valence-corrected chi connectivity index (χ0v) is 9.91. The van der Waals surface area contributed by atoms with Crippen molar-refractivity contribution in [3.63, 3.8) is 0 Å². The van der Waals surface area contributed by atoms with Crippen LogP contribution in [0.3, 0.4) is 0 Å². The summed E-state index contributed by atoms with van der Waals surface area (Å²) in [5.74, 6) is 0.342. The Morgan fingerprint density at radius 3 is 2.61 bits per heavy atom. The molecule has 92 valence electrons. The molecule has 1 aliphatic carbocycles. The van der Waals surface area contributed by atoms with Crippen LogP contribution >= 0.6 is 0 Å². The molecule has 1 aromatic heterocycles. The van der Waals surface area contributed by atoms with Crippen LogP contribution in [0.5, 0.6) is 0 Å². The molecule has 0 aliphatic heterocycles. The Balaban J connectivity index is 1.69. The van der Waals surface area contributed by atoms with Crippen molar-refractivity contribution in [1.29, 1.82) is 0 Å². The highest BCUT2D eigenvalue weighted by molar-refractivity contribution is 5.93. The maximum absolute atomic E-state index is 11.8. The van der Waals surface area contributed by atoms with Gasteiger partial charge in [0, 0.05) is 11.6 Å². The first kappa shape index (κ1) is 11.0. The van der Waals surface area contributed by atoms with E-state index in [2.05, 4.69) is 15.4 Å². The number of anilines is 1. The van der Waals surface area contributed by atoms with Crippen LogP contribution in [0.25, 0.3) is 5.69 Å². The molecular weight excluding hydrogens is 228 g/mol. The van der Waals surface area contributed by atoms with Crippen LogP contribution in [0, 0.1) is 5.92 Å². The molecule has 0 bridgehead atoms. The van der Waals surface area contributed by atoms with Crippen molar-refractivity contribution >= 4 is 11.6 Å². The number of carbonyl (C=O) groups is 1. The van der Waals surface area contributed by atoms with Gasteiger partial charge in [-0.1, -0.05) is 6.42 Å². The van der Waals surface area contributed by atoms with Gasteiger partial charge in [0.2, 0.25) is 5.91 Å². The molecule has 1 saturated carbocycles. The molecule has 3 rings (SSSR count). The molecule has 0 saturated heterocycles. The van der Waals surface area contributed by atoms with Crippen LogP contribution in [0.15, 0.2) is 36.9 Å². The summed E-state index contributed by atoms with van der Waals surface area (Å²) < 4.78 is 1.68. The van der Waals surface area contributed by atoms with Crippen molar-refractivity contribution in [2.24, 2.45) is 5.92 Å². The Kier molecular flexibility index (Phi) is 2.80. The fourth-order valence-corrected chi connectivity index (χ4v) is 1.95. The molecule has 1 aliphatic rings. The zero-order chi connectivity index (χ0) is 12.4. The minimum Gasteiger partial charge on any atom is -0.326 e. The van der Waals surface area contributed by atoms with Crippen LogP contribution in [-0.2, 0) is 4.79 Å². The average molecular weight is 242 g/mol. The second-order valence-corrected chi connectivity index (χ2v) is 4.50. The van der Waals surface area contributed by atoms with E-state index < -0.39 is 0 Å². The van der Waals surface area contributed by atoms with Gasteiger partial charge in [0.05, 0.1) is 5.69 Å². The normalized spacial score (nSPS) is 15.1. The molecule has 2 aromatic rings. The minimum atomic E-state index is 0.134. The number of hydrogen-bond donors (Lipinski definition) is 1. The topological polar surface area (TPSA) is 59.8 Å². The molecule has 1 heterocycles. The van der Waals surface area contributed by atoms with Gasteiger partial charge in [-0.25, -0.2) is 9.67 Å². The van der Waals surface area contributed by atoms with Crippen LogP contribution in [-0.4, -0.2) is 20.7 Å². The maximum Gasteiger partial charge on any atom is 0.227 e. The monoisotopic (exact) mass is 242 g/mol. The van der Waals surface area contributed by atoms with Gasteiger partial charge in [0.25, 0.3) is 0 Å².